The van der Waals surface area contributed by atoms with Crippen molar-refractivity contribution in [2.75, 3.05) is 56.1 Å². The number of anilines is 1. The monoisotopic (exact) mass is 492 g/mol. The van der Waals surface area contributed by atoms with Gasteiger partial charge in [0.25, 0.3) is 0 Å². The molecule has 1 aromatic carbocycles. The molecule has 26 heavy (non-hydrogen) atoms. The van der Waals surface area contributed by atoms with Crippen LogP contribution in [-0.2, 0) is 9.84 Å². The number of benzene rings is 1. The molecule has 8 heteroatoms. The minimum Gasteiger partial charge on any atom is -0.343 e. The summed E-state index contributed by atoms with van der Waals surface area (Å²) in [4.78, 5) is 9.34. The van der Waals surface area contributed by atoms with Gasteiger partial charge in [-0.25, -0.2) is 8.42 Å². The Morgan fingerprint density at radius 3 is 2.31 bits per heavy atom. The Bertz CT molecular complexity index is 662. The Hall–Kier alpha value is -0.870. The van der Waals surface area contributed by atoms with Gasteiger partial charge in [-0.05, 0) is 31.4 Å². The molecule has 3 rings (SSSR count). The molecule has 0 unspecified atom stereocenters. The van der Waals surface area contributed by atoms with Crippen LogP contribution in [0.1, 0.15) is 19.3 Å². The van der Waals surface area contributed by atoms with E-state index in [1.165, 1.54) is 19.3 Å². The lowest BCUT2D eigenvalue weighted by Gasteiger charge is -2.31. The summed E-state index contributed by atoms with van der Waals surface area (Å²) in [6.07, 6.45) is 3.70. The second kappa shape index (κ2) is 10.5. The van der Waals surface area contributed by atoms with Crippen LogP contribution in [-0.4, -0.2) is 75.0 Å². The van der Waals surface area contributed by atoms with E-state index >= 15 is 0 Å². The van der Waals surface area contributed by atoms with Gasteiger partial charge in [-0.3, -0.25) is 9.89 Å². The van der Waals surface area contributed by atoms with Crippen LogP contribution in [0.5, 0.6) is 0 Å². The molecule has 0 aliphatic carbocycles. The topological polar surface area (TPSA) is 65.0 Å². The largest absolute Gasteiger partial charge is 0.343 e. The first-order valence-electron chi connectivity index (χ1n) is 9.17. The van der Waals surface area contributed by atoms with Crippen molar-refractivity contribution in [1.82, 2.24) is 9.80 Å². The van der Waals surface area contributed by atoms with Gasteiger partial charge >= 0.3 is 0 Å². The summed E-state index contributed by atoms with van der Waals surface area (Å²) in [5.74, 6) is 1.49. The average Bonchev–Trinajstić information content (AvgIpc) is 2.64. The molecule has 0 radical (unpaired) electrons. The minimum atomic E-state index is -2.81. The summed E-state index contributed by atoms with van der Waals surface area (Å²) in [5, 5.41) is 3.46. The molecule has 1 N–H and O–H groups in total. The van der Waals surface area contributed by atoms with E-state index < -0.39 is 9.84 Å². The summed E-state index contributed by atoms with van der Waals surface area (Å²) in [6, 6.07) is 10.1. The van der Waals surface area contributed by atoms with Crippen LogP contribution in [0.25, 0.3) is 0 Å². The Kier molecular flexibility index (Phi) is 8.62. The van der Waals surface area contributed by atoms with E-state index in [0.717, 1.165) is 31.3 Å². The van der Waals surface area contributed by atoms with Gasteiger partial charge in [-0.15, -0.1) is 24.0 Å². The third kappa shape index (κ3) is 6.70. The maximum absolute atomic E-state index is 11.5. The fourth-order valence-corrected chi connectivity index (χ4v) is 4.52. The zero-order valence-corrected chi connectivity index (χ0v) is 18.3. The van der Waals surface area contributed by atoms with Crippen LogP contribution in [0.4, 0.5) is 5.69 Å². The number of nitrogens with zero attached hydrogens (tertiary/aromatic N) is 3. The second-order valence-electron chi connectivity index (χ2n) is 6.74. The molecule has 2 aliphatic rings. The molecule has 1 aromatic rings. The van der Waals surface area contributed by atoms with E-state index in [-0.39, 0.29) is 35.5 Å². The van der Waals surface area contributed by atoms with E-state index in [0.29, 0.717) is 19.6 Å². The highest BCUT2D eigenvalue weighted by molar-refractivity contribution is 14.0. The molecule has 2 saturated heterocycles. The number of para-hydroxylation sites is 1. The highest BCUT2D eigenvalue weighted by atomic mass is 127. The number of sulfone groups is 1. The van der Waals surface area contributed by atoms with Gasteiger partial charge < -0.3 is 10.2 Å². The highest BCUT2D eigenvalue weighted by Crippen LogP contribution is 2.13. The number of rotatable bonds is 4. The molecule has 2 fully saturated rings. The minimum absolute atomic E-state index is 0. The Balaban J connectivity index is 0.00000243. The molecule has 0 aromatic heterocycles. The van der Waals surface area contributed by atoms with Crippen LogP contribution < -0.4 is 5.32 Å². The molecule has 0 saturated carbocycles. The third-order valence-corrected chi connectivity index (χ3v) is 6.41. The van der Waals surface area contributed by atoms with Crippen molar-refractivity contribution in [1.29, 1.82) is 0 Å². The van der Waals surface area contributed by atoms with E-state index in [1.807, 2.05) is 18.2 Å². The van der Waals surface area contributed by atoms with Gasteiger partial charge in [0.15, 0.2) is 15.8 Å². The lowest BCUT2D eigenvalue weighted by Crippen LogP contribution is -2.42. The molecule has 0 atom stereocenters. The zero-order valence-electron chi connectivity index (χ0n) is 15.1. The summed E-state index contributed by atoms with van der Waals surface area (Å²) in [7, 11) is -2.81. The van der Waals surface area contributed by atoms with E-state index in [1.54, 1.807) is 0 Å². The van der Waals surface area contributed by atoms with Crippen molar-refractivity contribution < 1.29 is 8.42 Å². The smallest absolute Gasteiger partial charge is 0.198 e. The Morgan fingerprint density at radius 1 is 1.00 bits per heavy atom. The standard InChI is InChI=1S/C18H28N4O2S.HI/c23-25(24)15-13-21(14-16-25)12-9-19-18(22-10-5-2-6-11-22)20-17-7-3-1-4-8-17;/h1,3-4,7-8H,2,5-6,9-16H2,(H,19,20);1H. The molecule has 2 aliphatic heterocycles. The van der Waals surface area contributed by atoms with Crippen LogP contribution in [0, 0.1) is 0 Å². The number of halogens is 1. The molecular formula is C18H29IN4O2S. The predicted octanol–water partition coefficient (Wildman–Crippen LogP) is 2.29. The van der Waals surface area contributed by atoms with Gasteiger partial charge in [0, 0.05) is 38.4 Å². The number of aliphatic imine (C=N–C) groups is 1. The molecule has 0 amide bonds. The quantitative estimate of drug-likeness (QED) is 0.397. The van der Waals surface area contributed by atoms with Crippen LogP contribution in [0.15, 0.2) is 35.3 Å². The van der Waals surface area contributed by atoms with Gasteiger partial charge in [0.1, 0.15) is 0 Å². The van der Waals surface area contributed by atoms with Crippen molar-refractivity contribution in [3.8, 4) is 0 Å². The second-order valence-corrected chi connectivity index (χ2v) is 9.04. The van der Waals surface area contributed by atoms with Crippen molar-refractivity contribution in [2.45, 2.75) is 19.3 Å². The first-order chi connectivity index (χ1) is 12.1. The fourth-order valence-electron chi connectivity index (χ4n) is 3.25. The van der Waals surface area contributed by atoms with Crippen molar-refractivity contribution in [2.24, 2.45) is 4.99 Å². The molecular weight excluding hydrogens is 463 g/mol. The Morgan fingerprint density at radius 2 is 1.65 bits per heavy atom. The maximum atomic E-state index is 11.5. The van der Waals surface area contributed by atoms with Crippen LogP contribution in [0.2, 0.25) is 0 Å². The number of hydrogen-bond donors (Lipinski definition) is 1. The number of guanidine groups is 1. The van der Waals surface area contributed by atoms with Gasteiger partial charge in [-0.1, -0.05) is 18.2 Å². The van der Waals surface area contributed by atoms with E-state index in [2.05, 4.69) is 27.2 Å². The summed E-state index contributed by atoms with van der Waals surface area (Å²) < 4.78 is 23.0. The number of hydrogen-bond acceptors (Lipinski definition) is 4. The highest BCUT2D eigenvalue weighted by Gasteiger charge is 2.21. The van der Waals surface area contributed by atoms with E-state index in [4.69, 9.17) is 4.99 Å². The zero-order chi connectivity index (χ0) is 17.5. The lowest BCUT2D eigenvalue weighted by atomic mass is 10.1. The fraction of sp³-hybridized carbons (Fsp3) is 0.611. The number of likely N-dealkylation sites (tertiary alicyclic amines) is 1. The van der Waals surface area contributed by atoms with Crippen molar-refractivity contribution in [3.05, 3.63) is 30.3 Å². The van der Waals surface area contributed by atoms with Gasteiger partial charge in [-0.2, -0.15) is 0 Å². The Labute approximate surface area is 174 Å². The molecule has 2 heterocycles. The molecule has 6 nitrogen and oxygen atoms in total. The van der Waals surface area contributed by atoms with Gasteiger partial charge in [0.05, 0.1) is 18.1 Å². The summed E-state index contributed by atoms with van der Waals surface area (Å²) >= 11 is 0. The van der Waals surface area contributed by atoms with Crippen LogP contribution >= 0.6 is 24.0 Å². The number of nitrogens with one attached hydrogen (secondary N) is 1. The predicted molar refractivity (Wildman–Crippen MR) is 118 cm³/mol. The number of piperidine rings is 1. The first kappa shape index (κ1) is 21.4. The summed E-state index contributed by atoms with van der Waals surface area (Å²) in [6.45, 7) is 4.84. The molecule has 0 bridgehead atoms. The van der Waals surface area contributed by atoms with E-state index in [9.17, 15) is 8.42 Å². The molecule has 146 valence electrons. The third-order valence-electron chi connectivity index (χ3n) is 4.80. The average molecular weight is 492 g/mol. The lowest BCUT2D eigenvalue weighted by molar-refractivity contribution is 0.302. The van der Waals surface area contributed by atoms with Gasteiger partial charge in [0.2, 0.25) is 0 Å². The van der Waals surface area contributed by atoms with Crippen molar-refractivity contribution >= 4 is 45.5 Å². The SMILES string of the molecule is I.O=S1(=O)CCN(CCN=C(Nc2ccccc2)N2CCCCC2)CC1. The maximum Gasteiger partial charge on any atom is 0.198 e. The van der Waals surface area contributed by atoms with Crippen LogP contribution in [0.3, 0.4) is 0 Å². The normalized spacial score (nSPS) is 21.1. The first-order valence-corrected chi connectivity index (χ1v) is 11.0. The van der Waals surface area contributed by atoms with Crippen molar-refractivity contribution in [3.63, 3.8) is 0 Å². The summed E-state index contributed by atoms with van der Waals surface area (Å²) in [5.41, 5.74) is 1.05. The molecule has 0 spiro atoms.